The van der Waals surface area contributed by atoms with Gasteiger partial charge in [0, 0.05) is 15.6 Å². The van der Waals surface area contributed by atoms with Gasteiger partial charge in [0.25, 0.3) is 0 Å². The molecule has 0 aliphatic rings. The summed E-state index contributed by atoms with van der Waals surface area (Å²) in [5.74, 6) is 0.375. The molecule has 2 aromatic rings. The highest BCUT2D eigenvalue weighted by Crippen LogP contribution is 2.35. The molecule has 1 aromatic heterocycles. The van der Waals surface area contributed by atoms with Gasteiger partial charge in [-0.3, -0.25) is 0 Å². The van der Waals surface area contributed by atoms with E-state index in [0.29, 0.717) is 11.1 Å². The van der Waals surface area contributed by atoms with Crippen LogP contribution < -0.4 is 0 Å². The van der Waals surface area contributed by atoms with Gasteiger partial charge in [-0.05, 0) is 29.8 Å². The van der Waals surface area contributed by atoms with Crippen molar-refractivity contribution in [2.24, 2.45) is 0 Å². The molecule has 0 aliphatic carbocycles. The van der Waals surface area contributed by atoms with Crippen molar-refractivity contribution in [3.63, 3.8) is 0 Å². The summed E-state index contributed by atoms with van der Waals surface area (Å²) in [5, 5.41) is 11.5. The van der Waals surface area contributed by atoms with Crippen LogP contribution in [-0.2, 0) is 5.33 Å². The summed E-state index contributed by atoms with van der Waals surface area (Å²) >= 11 is 6.86. The Morgan fingerprint density at radius 3 is 2.86 bits per heavy atom. The normalized spacial score (nSPS) is 11.0. The van der Waals surface area contributed by atoms with E-state index >= 15 is 0 Å². The lowest BCUT2D eigenvalue weighted by Crippen LogP contribution is -1.77. The Bertz CT molecular complexity index is 464. The Morgan fingerprint density at radius 1 is 1.43 bits per heavy atom. The third-order valence-electron chi connectivity index (χ3n) is 2.04. The van der Waals surface area contributed by atoms with Crippen molar-refractivity contribution >= 4 is 49.1 Å². The van der Waals surface area contributed by atoms with E-state index in [9.17, 15) is 5.11 Å². The number of benzene rings is 1. The maximum absolute atomic E-state index is 9.66. The highest BCUT2D eigenvalue weighted by atomic mass is 79.9. The number of thioether (sulfide) groups is 1. The summed E-state index contributed by atoms with van der Waals surface area (Å²) in [4.78, 5) is 0. The third-order valence-corrected chi connectivity index (χ3v) is 4.81. The Balaban J connectivity index is 2.64. The average Bonchev–Trinajstić information content (AvgIpc) is 2.58. The standard InChI is InChI=1S/C10H9BrOS2/c1-13-10-4-6-2-8(12)7(5-11)3-9(6)14-10/h2-4,12H,5H2,1H3. The molecule has 14 heavy (non-hydrogen) atoms. The second-order valence-electron chi connectivity index (χ2n) is 2.92. The van der Waals surface area contributed by atoms with Crippen LogP contribution in [0.1, 0.15) is 5.56 Å². The third kappa shape index (κ3) is 1.78. The number of phenolic OH excluding ortho intramolecular Hbond substituents is 1. The maximum Gasteiger partial charge on any atom is 0.120 e. The Morgan fingerprint density at radius 2 is 2.21 bits per heavy atom. The lowest BCUT2D eigenvalue weighted by atomic mass is 10.2. The summed E-state index contributed by atoms with van der Waals surface area (Å²) in [6, 6.07) is 5.99. The van der Waals surface area contributed by atoms with Gasteiger partial charge in [0.15, 0.2) is 0 Å². The molecule has 0 bridgehead atoms. The highest BCUT2D eigenvalue weighted by molar-refractivity contribution is 9.08. The fourth-order valence-electron chi connectivity index (χ4n) is 1.30. The number of halogens is 1. The average molecular weight is 289 g/mol. The predicted molar refractivity (Wildman–Crippen MR) is 67.9 cm³/mol. The second-order valence-corrected chi connectivity index (χ2v) is 5.67. The SMILES string of the molecule is CSc1cc2cc(O)c(CBr)cc2s1. The first-order chi connectivity index (χ1) is 6.74. The second kappa shape index (κ2) is 4.13. The predicted octanol–water partition coefficient (Wildman–Crippen LogP) is 4.22. The minimum absolute atomic E-state index is 0.375. The van der Waals surface area contributed by atoms with Gasteiger partial charge in [-0.25, -0.2) is 0 Å². The number of hydrogen-bond donors (Lipinski definition) is 1. The van der Waals surface area contributed by atoms with Crippen molar-refractivity contribution in [3.05, 3.63) is 23.8 Å². The topological polar surface area (TPSA) is 20.2 Å². The molecular formula is C10H9BrOS2. The number of aromatic hydroxyl groups is 1. The number of fused-ring (bicyclic) bond motifs is 1. The Labute approximate surface area is 99.3 Å². The largest absolute Gasteiger partial charge is 0.508 e. The quantitative estimate of drug-likeness (QED) is 0.659. The molecule has 0 saturated heterocycles. The summed E-state index contributed by atoms with van der Waals surface area (Å²) in [5.41, 5.74) is 0.951. The van der Waals surface area contributed by atoms with E-state index in [1.165, 1.54) is 8.91 Å². The van der Waals surface area contributed by atoms with Gasteiger partial charge >= 0.3 is 0 Å². The first-order valence-corrected chi connectivity index (χ1v) is 7.26. The molecule has 2 rings (SSSR count). The Kier molecular flexibility index (Phi) is 3.04. The molecular weight excluding hydrogens is 280 g/mol. The van der Waals surface area contributed by atoms with Crippen LogP contribution in [0.25, 0.3) is 10.1 Å². The molecule has 1 N–H and O–H groups in total. The summed E-state index contributed by atoms with van der Waals surface area (Å²) in [7, 11) is 0. The Hall–Kier alpha value is -0.190. The minimum atomic E-state index is 0.375. The zero-order chi connectivity index (χ0) is 10.1. The molecule has 0 saturated carbocycles. The van der Waals surface area contributed by atoms with E-state index in [4.69, 9.17) is 0 Å². The van der Waals surface area contributed by atoms with Crippen LogP contribution in [0.2, 0.25) is 0 Å². The van der Waals surface area contributed by atoms with E-state index in [1.54, 1.807) is 23.1 Å². The van der Waals surface area contributed by atoms with Gasteiger partial charge in [0.1, 0.15) is 5.75 Å². The molecule has 0 aliphatic heterocycles. The minimum Gasteiger partial charge on any atom is -0.508 e. The monoisotopic (exact) mass is 288 g/mol. The van der Waals surface area contributed by atoms with Crippen molar-refractivity contribution < 1.29 is 5.11 Å². The van der Waals surface area contributed by atoms with Gasteiger partial charge in [-0.2, -0.15) is 0 Å². The molecule has 0 fully saturated rings. The van der Waals surface area contributed by atoms with Crippen LogP contribution >= 0.6 is 39.0 Å². The van der Waals surface area contributed by atoms with E-state index in [2.05, 4.69) is 28.3 Å². The number of phenols is 1. The van der Waals surface area contributed by atoms with Crippen molar-refractivity contribution in [1.29, 1.82) is 0 Å². The van der Waals surface area contributed by atoms with Gasteiger partial charge < -0.3 is 5.11 Å². The van der Waals surface area contributed by atoms with Crippen LogP contribution in [-0.4, -0.2) is 11.4 Å². The van der Waals surface area contributed by atoms with Crippen LogP contribution in [0.15, 0.2) is 22.4 Å². The van der Waals surface area contributed by atoms with Crippen LogP contribution in [0.5, 0.6) is 5.75 Å². The summed E-state index contributed by atoms with van der Waals surface area (Å²) in [6.07, 6.45) is 2.07. The number of thiophene rings is 1. The van der Waals surface area contributed by atoms with Crippen molar-refractivity contribution in [2.45, 2.75) is 9.54 Å². The van der Waals surface area contributed by atoms with E-state index in [1.807, 2.05) is 12.1 Å². The van der Waals surface area contributed by atoms with Crippen LogP contribution in [0.3, 0.4) is 0 Å². The molecule has 0 amide bonds. The molecule has 0 atom stereocenters. The van der Waals surface area contributed by atoms with Gasteiger partial charge in [0.05, 0.1) is 4.21 Å². The molecule has 1 aromatic carbocycles. The molecule has 0 unspecified atom stereocenters. The molecule has 0 radical (unpaired) electrons. The van der Waals surface area contributed by atoms with E-state index in [-0.39, 0.29) is 0 Å². The van der Waals surface area contributed by atoms with Crippen molar-refractivity contribution in [2.75, 3.05) is 6.26 Å². The lowest BCUT2D eigenvalue weighted by molar-refractivity contribution is 0.472. The number of hydrogen-bond acceptors (Lipinski definition) is 3. The highest BCUT2D eigenvalue weighted by Gasteiger charge is 2.06. The van der Waals surface area contributed by atoms with Crippen LogP contribution in [0, 0.1) is 0 Å². The smallest absolute Gasteiger partial charge is 0.120 e. The van der Waals surface area contributed by atoms with Gasteiger partial charge in [-0.15, -0.1) is 23.1 Å². The van der Waals surface area contributed by atoms with Gasteiger partial charge in [0.2, 0.25) is 0 Å². The molecule has 4 heteroatoms. The summed E-state index contributed by atoms with van der Waals surface area (Å²) in [6.45, 7) is 0. The zero-order valence-electron chi connectivity index (χ0n) is 7.58. The fraction of sp³-hybridized carbons (Fsp3) is 0.200. The number of rotatable bonds is 2. The molecule has 1 nitrogen and oxygen atoms in total. The van der Waals surface area contributed by atoms with Crippen molar-refractivity contribution in [1.82, 2.24) is 0 Å². The zero-order valence-corrected chi connectivity index (χ0v) is 10.8. The van der Waals surface area contributed by atoms with E-state index in [0.717, 1.165) is 10.9 Å². The maximum atomic E-state index is 9.66. The van der Waals surface area contributed by atoms with Gasteiger partial charge in [-0.1, -0.05) is 15.9 Å². The van der Waals surface area contributed by atoms with Crippen molar-refractivity contribution in [3.8, 4) is 5.75 Å². The molecule has 0 spiro atoms. The fourth-order valence-corrected chi connectivity index (χ4v) is 3.44. The first-order valence-electron chi connectivity index (χ1n) is 4.10. The molecule has 74 valence electrons. The summed E-state index contributed by atoms with van der Waals surface area (Å²) < 4.78 is 2.52. The first kappa shape index (κ1) is 10.3. The van der Waals surface area contributed by atoms with Crippen LogP contribution in [0.4, 0.5) is 0 Å². The van der Waals surface area contributed by atoms with E-state index < -0.39 is 0 Å². The lowest BCUT2D eigenvalue weighted by Gasteiger charge is -1.99. The number of alkyl halides is 1. The molecule has 1 heterocycles.